The fourth-order valence-corrected chi connectivity index (χ4v) is 3.67. The molecular weight excluding hydrogens is 364 g/mol. The highest BCUT2D eigenvalue weighted by molar-refractivity contribution is 6.31. The van der Waals surface area contributed by atoms with Gasteiger partial charge in [0.2, 0.25) is 0 Å². The van der Waals surface area contributed by atoms with E-state index < -0.39 is 0 Å². The number of para-hydroxylation sites is 2. The molecule has 1 aliphatic rings. The predicted octanol–water partition coefficient (Wildman–Crippen LogP) is 4.64. The van der Waals surface area contributed by atoms with Crippen molar-refractivity contribution in [1.29, 1.82) is 0 Å². The number of piperidine rings is 1. The van der Waals surface area contributed by atoms with Gasteiger partial charge in [-0.15, -0.1) is 0 Å². The molecule has 6 nitrogen and oxygen atoms in total. The van der Waals surface area contributed by atoms with E-state index in [0.717, 1.165) is 29.7 Å². The van der Waals surface area contributed by atoms with Crippen LogP contribution in [0.25, 0.3) is 11.0 Å². The Hall–Kier alpha value is -2.73. The Bertz CT molecular complexity index is 964. The maximum absolute atomic E-state index is 12.6. The van der Waals surface area contributed by atoms with Crippen molar-refractivity contribution >= 4 is 34.4 Å². The Balaban J connectivity index is 1.40. The average Bonchev–Trinajstić information content (AvgIpc) is 3.11. The molecule has 2 amide bonds. The first kappa shape index (κ1) is 17.7. The highest BCUT2D eigenvalue weighted by Crippen LogP contribution is 2.29. The van der Waals surface area contributed by atoms with Crippen LogP contribution in [-0.4, -0.2) is 41.1 Å². The highest BCUT2D eigenvalue weighted by atomic mass is 35.5. The van der Waals surface area contributed by atoms with Crippen molar-refractivity contribution < 1.29 is 9.53 Å². The summed E-state index contributed by atoms with van der Waals surface area (Å²) in [6.07, 6.45) is 1.74. The lowest BCUT2D eigenvalue weighted by atomic mass is 9.96. The number of urea groups is 1. The van der Waals surface area contributed by atoms with E-state index >= 15 is 0 Å². The van der Waals surface area contributed by atoms with Gasteiger partial charge in [0.05, 0.1) is 23.8 Å². The summed E-state index contributed by atoms with van der Waals surface area (Å²) in [6, 6.07) is 13.0. The number of rotatable bonds is 3. The number of ether oxygens (including phenoxy) is 1. The minimum absolute atomic E-state index is 0.102. The van der Waals surface area contributed by atoms with Gasteiger partial charge in [0, 0.05) is 24.0 Å². The second-order valence-corrected chi connectivity index (χ2v) is 7.11. The van der Waals surface area contributed by atoms with Gasteiger partial charge in [-0.1, -0.05) is 23.7 Å². The number of hydrogen-bond acceptors (Lipinski definition) is 3. The van der Waals surface area contributed by atoms with E-state index in [9.17, 15) is 4.79 Å². The van der Waals surface area contributed by atoms with Gasteiger partial charge in [-0.2, -0.15) is 0 Å². The molecule has 0 aliphatic carbocycles. The van der Waals surface area contributed by atoms with E-state index in [2.05, 4.69) is 15.3 Å². The second kappa shape index (κ2) is 7.48. The van der Waals surface area contributed by atoms with E-state index in [4.69, 9.17) is 16.3 Å². The number of hydrogen-bond donors (Lipinski definition) is 2. The number of methoxy groups -OCH3 is 1. The molecule has 2 aromatic carbocycles. The molecule has 0 spiro atoms. The smallest absolute Gasteiger partial charge is 0.321 e. The van der Waals surface area contributed by atoms with Crippen molar-refractivity contribution in [2.45, 2.75) is 18.8 Å². The van der Waals surface area contributed by atoms with Gasteiger partial charge >= 0.3 is 6.03 Å². The Morgan fingerprint density at radius 3 is 2.81 bits per heavy atom. The number of aromatic amines is 1. The topological polar surface area (TPSA) is 70.2 Å². The zero-order valence-corrected chi connectivity index (χ0v) is 15.8. The van der Waals surface area contributed by atoms with Crippen LogP contribution in [0.2, 0.25) is 5.02 Å². The third kappa shape index (κ3) is 3.71. The summed E-state index contributed by atoms with van der Waals surface area (Å²) in [5.41, 5.74) is 2.56. The van der Waals surface area contributed by atoms with Crippen LogP contribution >= 0.6 is 11.6 Å². The molecule has 0 bridgehead atoms. The van der Waals surface area contributed by atoms with E-state index in [1.165, 1.54) is 0 Å². The van der Waals surface area contributed by atoms with E-state index in [0.29, 0.717) is 35.5 Å². The quantitative estimate of drug-likeness (QED) is 0.691. The molecule has 0 unspecified atom stereocenters. The van der Waals surface area contributed by atoms with Crippen LogP contribution in [0.1, 0.15) is 24.6 Å². The lowest BCUT2D eigenvalue weighted by Gasteiger charge is -2.31. The third-order valence-corrected chi connectivity index (χ3v) is 5.21. The zero-order chi connectivity index (χ0) is 18.8. The molecule has 140 valence electrons. The summed E-state index contributed by atoms with van der Waals surface area (Å²) in [5, 5.41) is 3.63. The number of nitrogens with one attached hydrogen (secondary N) is 2. The first-order valence-electron chi connectivity index (χ1n) is 8.98. The van der Waals surface area contributed by atoms with Crippen LogP contribution in [0, 0.1) is 0 Å². The van der Waals surface area contributed by atoms with Gasteiger partial charge in [-0.05, 0) is 43.2 Å². The van der Waals surface area contributed by atoms with Crippen molar-refractivity contribution in [3.05, 3.63) is 53.3 Å². The minimum Gasteiger partial charge on any atom is -0.495 e. The van der Waals surface area contributed by atoms with Crippen molar-refractivity contribution in [3.8, 4) is 5.75 Å². The van der Waals surface area contributed by atoms with Gasteiger partial charge in [0.1, 0.15) is 11.6 Å². The molecule has 0 radical (unpaired) electrons. The molecule has 3 aromatic rings. The minimum atomic E-state index is -0.102. The number of likely N-dealkylation sites (tertiary alicyclic amines) is 1. The highest BCUT2D eigenvalue weighted by Gasteiger charge is 2.26. The molecule has 27 heavy (non-hydrogen) atoms. The van der Waals surface area contributed by atoms with Crippen LogP contribution in [0.5, 0.6) is 5.75 Å². The molecule has 7 heteroatoms. The molecular formula is C20H21ClN4O2. The Kier molecular flexibility index (Phi) is 4.90. The number of anilines is 1. The van der Waals surface area contributed by atoms with Gasteiger partial charge in [0.25, 0.3) is 0 Å². The summed E-state index contributed by atoms with van der Waals surface area (Å²) >= 11 is 6.05. The Labute approximate surface area is 162 Å². The second-order valence-electron chi connectivity index (χ2n) is 6.68. The van der Waals surface area contributed by atoms with Crippen molar-refractivity contribution in [1.82, 2.24) is 14.9 Å². The molecule has 2 N–H and O–H groups in total. The Morgan fingerprint density at radius 2 is 2.04 bits per heavy atom. The van der Waals surface area contributed by atoms with Crippen molar-refractivity contribution in [2.75, 3.05) is 25.5 Å². The van der Waals surface area contributed by atoms with Gasteiger partial charge in [-0.3, -0.25) is 0 Å². The molecule has 1 aromatic heterocycles. The maximum Gasteiger partial charge on any atom is 0.321 e. The molecule has 1 fully saturated rings. The van der Waals surface area contributed by atoms with Crippen LogP contribution in [0.3, 0.4) is 0 Å². The fraction of sp³-hybridized carbons (Fsp3) is 0.300. The number of halogens is 1. The van der Waals surface area contributed by atoms with Gasteiger partial charge in [-0.25, -0.2) is 9.78 Å². The summed E-state index contributed by atoms with van der Waals surface area (Å²) in [4.78, 5) is 22.5. The monoisotopic (exact) mass is 384 g/mol. The maximum atomic E-state index is 12.6. The number of nitrogens with zero attached hydrogens (tertiary/aromatic N) is 2. The molecule has 1 aliphatic heterocycles. The summed E-state index contributed by atoms with van der Waals surface area (Å²) in [7, 11) is 1.59. The average molecular weight is 385 g/mol. The standard InChI is InChI=1S/C20H21ClN4O2/c1-27-18-5-3-2-4-16(18)24-20(26)25-10-8-13(9-11-25)19-22-15-7-6-14(21)12-17(15)23-19/h2-7,12-13H,8-11H2,1H3,(H,22,23)(H,24,26). The lowest BCUT2D eigenvalue weighted by Crippen LogP contribution is -2.40. The van der Waals surface area contributed by atoms with Crippen LogP contribution in [0.4, 0.5) is 10.5 Å². The number of H-pyrrole nitrogens is 1. The zero-order valence-electron chi connectivity index (χ0n) is 15.0. The number of carbonyl (C=O) groups is 1. The van der Waals surface area contributed by atoms with Crippen molar-refractivity contribution in [2.24, 2.45) is 0 Å². The molecule has 0 atom stereocenters. The molecule has 2 heterocycles. The van der Waals surface area contributed by atoms with E-state index in [1.807, 2.05) is 47.4 Å². The fourth-order valence-electron chi connectivity index (χ4n) is 3.49. The third-order valence-electron chi connectivity index (χ3n) is 4.98. The van der Waals surface area contributed by atoms with Gasteiger partial charge < -0.3 is 19.9 Å². The van der Waals surface area contributed by atoms with Crippen molar-refractivity contribution in [3.63, 3.8) is 0 Å². The number of benzene rings is 2. The Morgan fingerprint density at radius 1 is 1.26 bits per heavy atom. The SMILES string of the molecule is COc1ccccc1NC(=O)N1CCC(c2nc3ccc(Cl)cc3[nH]2)CC1. The molecule has 1 saturated heterocycles. The number of carbonyl (C=O) groups excluding carboxylic acids is 1. The van der Waals surface area contributed by atoms with E-state index in [1.54, 1.807) is 7.11 Å². The number of amides is 2. The van der Waals surface area contributed by atoms with E-state index in [-0.39, 0.29) is 6.03 Å². The van der Waals surface area contributed by atoms with Gasteiger partial charge in [0.15, 0.2) is 0 Å². The van der Waals surface area contributed by atoms with Crippen LogP contribution in [-0.2, 0) is 0 Å². The largest absolute Gasteiger partial charge is 0.495 e. The molecule has 4 rings (SSSR count). The lowest BCUT2D eigenvalue weighted by molar-refractivity contribution is 0.193. The number of fused-ring (bicyclic) bond motifs is 1. The summed E-state index contributed by atoms with van der Waals surface area (Å²) < 4.78 is 5.29. The summed E-state index contributed by atoms with van der Waals surface area (Å²) in [5.74, 6) is 1.94. The van der Waals surface area contributed by atoms with Crippen LogP contribution in [0.15, 0.2) is 42.5 Å². The van der Waals surface area contributed by atoms with Crippen LogP contribution < -0.4 is 10.1 Å². The first-order chi connectivity index (χ1) is 13.1. The molecule has 0 saturated carbocycles. The first-order valence-corrected chi connectivity index (χ1v) is 9.36. The summed E-state index contributed by atoms with van der Waals surface area (Å²) in [6.45, 7) is 1.37. The number of imidazole rings is 1. The predicted molar refractivity (Wildman–Crippen MR) is 107 cm³/mol. The number of aromatic nitrogens is 2. The normalized spacial score (nSPS) is 15.1.